The second kappa shape index (κ2) is 9.10. The van der Waals surface area contributed by atoms with Crippen LogP contribution in [0.15, 0.2) is 24.5 Å². The van der Waals surface area contributed by atoms with Gasteiger partial charge >= 0.3 is 6.61 Å². The van der Waals surface area contributed by atoms with Crippen molar-refractivity contribution >= 4 is 22.7 Å². The van der Waals surface area contributed by atoms with Crippen molar-refractivity contribution in [1.29, 1.82) is 0 Å². The Morgan fingerprint density at radius 2 is 1.91 bits per heavy atom. The fraction of sp³-hybridized carbons (Fsp3) is 0.545. The number of piperidine rings is 1. The Balaban J connectivity index is 1.31. The highest BCUT2D eigenvalue weighted by molar-refractivity contribution is 5.71. The molecule has 3 aromatic heterocycles. The molecule has 0 amide bonds. The lowest BCUT2D eigenvalue weighted by molar-refractivity contribution is -0.0527. The summed E-state index contributed by atoms with van der Waals surface area (Å²) in [6.45, 7) is -0.176. The summed E-state index contributed by atoms with van der Waals surface area (Å²) in [6.07, 6.45) is 1.55. The van der Waals surface area contributed by atoms with Gasteiger partial charge in [-0.2, -0.15) is 13.9 Å². The first-order chi connectivity index (χ1) is 16.7. The number of anilines is 2. The van der Waals surface area contributed by atoms with Gasteiger partial charge in [-0.15, -0.1) is 0 Å². The van der Waals surface area contributed by atoms with Gasteiger partial charge in [0.1, 0.15) is 29.8 Å². The number of nitrogens with zero attached hydrogens (tertiary/aromatic N) is 7. The van der Waals surface area contributed by atoms with Crippen LogP contribution in [-0.2, 0) is 6.54 Å². The van der Waals surface area contributed by atoms with Crippen molar-refractivity contribution in [3.63, 3.8) is 0 Å². The van der Waals surface area contributed by atoms with Gasteiger partial charge in [0.25, 0.3) is 6.43 Å². The van der Waals surface area contributed by atoms with E-state index in [1.165, 1.54) is 6.20 Å². The molecule has 0 radical (unpaired) electrons. The number of fused-ring (bicyclic) bond motifs is 1. The second-order valence-electron chi connectivity index (χ2n) is 9.11. The molecule has 5 heterocycles. The molecule has 1 unspecified atom stereocenters. The van der Waals surface area contributed by atoms with Crippen molar-refractivity contribution in [2.75, 3.05) is 29.4 Å². The fourth-order valence-electron chi connectivity index (χ4n) is 5.02. The van der Waals surface area contributed by atoms with E-state index in [9.17, 15) is 22.7 Å². The van der Waals surface area contributed by atoms with Crippen LogP contribution in [0.25, 0.3) is 11.2 Å². The smallest absolute Gasteiger partial charge is 0.388 e. The van der Waals surface area contributed by atoms with Gasteiger partial charge in [0, 0.05) is 25.3 Å². The molecule has 13 heteroatoms. The molecule has 9 nitrogen and oxygen atoms in total. The molecule has 2 aliphatic heterocycles. The highest BCUT2D eigenvalue weighted by Gasteiger charge is 2.46. The van der Waals surface area contributed by atoms with Gasteiger partial charge in [0.2, 0.25) is 5.88 Å². The zero-order valence-electron chi connectivity index (χ0n) is 19.0. The summed E-state index contributed by atoms with van der Waals surface area (Å²) in [6, 6.07) is 3.34. The molecule has 0 aliphatic carbocycles. The molecule has 5 rings (SSSR count). The van der Waals surface area contributed by atoms with E-state index >= 15 is 0 Å². The first kappa shape index (κ1) is 23.5. The SMILES string of the molecule is Cc1ccc(N2CC3(CCN(c4cnc5cnn(CC(F)F)c5n4)CC3)CC2O)c(OC(F)F)n1. The van der Waals surface area contributed by atoms with Crippen molar-refractivity contribution in [3.05, 3.63) is 30.2 Å². The van der Waals surface area contributed by atoms with Crippen LogP contribution in [0.1, 0.15) is 25.0 Å². The highest BCUT2D eigenvalue weighted by atomic mass is 19.3. The molecule has 0 aromatic carbocycles. The summed E-state index contributed by atoms with van der Waals surface area (Å²) >= 11 is 0. The summed E-state index contributed by atoms with van der Waals surface area (Å²) < 4.78 is 57.3. The normalized spacial score (nSPS) is 20.1. The lowest BCUT2D eigenvalue weighted by Gasteiger charge is -2.39. The third-order valence-corrected chi connectivity index (χ3v) is 6.76. The summed E-state index contributed by atoms with van der Waals surface area (Å²) in [7, 11) is 0. The number of ether oxygens (including phenoxy) is 1. The van der Waals surface area contributed by atoms with Crippen LogP contribution in [0.3, 0.4) is 0 Å². The zero-order valence-corrected chi connectivity index (χ0v) is 19.0. The average Bonchev–Trinajstić information content (AvgIpc) is 3.34. The number of aliphatic hydroxyl groups is 1. The predicted molar refractivity (Wildman–Crippen MR) is 119 cm³/mol. The first-order valence-corrected chi connectivity index (χ1v) is 11.3. The van der Waals surface area contributed by atoms with Crippen molar-refractivity contribution in [3.8, 4) is 5.88 Å². The molecule has 3 aromatic rings. The molecule has 2 aliphatic rings. The number of aliphatic hydroxyl groups excluding tert-OH is 1. The molecule has 1 spiro atoms. The van der Waals surface area contributed by atoms with E-state index in [1.807, 2.05) is 4.90 Å². The maximum absolute atomic E-state index is 12.9. The summed E-state index contributed by atoms with van der Waals surface area (Å²) in [5.74, 6) is 0.381. The predicted octanol–water partition coefficient (Wildman–Crippen LogP) is 3.21. The minimum absolute atomic E-state index is 0.197. The van der Waals surface area contributed by atoms with Gasteiger partial charge in [-0.3, -0.25) is 0 Å². The van der Waals surface area contributed by atoms with Crippen LogP contribution in [-0.4, -0.2) is 68.7 Å². The lowest BCUT2D eigenvalue weighted by Crippen LogP contribution is -2.42. The molecule has 0 bridgehead atoms. The Morgan fingerprint density at radius 1 is 1.14 bits per heavy atom. The van der Waals surface area contributed by atoms with Crippen LogP contribution < -0.4 is 14.5 Å². The van der Waals surface area contributed by atoms with Gasteiger partial charge < -0.3 is 19.6 Å². The lowest BCUT2D eigenvalue weighted by atomic mass is 9.77. The number of aryl methyl sites for hydroxylation is 1. The van der Waals surface area contributed by atoms with Gasteiger partial charge in [-0.1, -0.05) is 0 Å². The number of alkyl halides is 4. The van der Waals surface area contributed by atoms with Gasteiger partial charge in [0.15, 0.2) is 5.65 Å². The Labute approximate surface area is 198 Å². The number of halogens is 4. The molecule has 35 heavy (non-hydrogen) atoms. The molecule has 188 valence electrons. The fourth-order valence-corrected chi connectivity index (χ4v) is 5.02. The van der Waals surface area contributed by atoms with Crippen LogP contribution in [0.2, 0.25) is 0 Å². The molecule has 2 saturated heterocycles. The second-order valence-corrected chi connectivity index (χ2v) is 9.11. The first-order valence-electron chi connectivity index (χ1n) is 11.3. The Morgan fingerprint density at radius 3 is 2.63 bits per heavy atom. The van der Waals surface area contributed by atoms with E-state index in [-0.39, 0.29) is 11.3 Å². The van der Waals surface area contributed by atoms with E-state index in [0.717, 1.165) is 17.5 Å². The molecule has 1 atom stereocenters. The number of pyridine rings is 1. The number of hydrogen-bond donors (Lipinski definition) is 1. The Hall–Kier alpha value is -3.22. The zero-order chi connectivity index (χ0) is 24.7. The van der Waals surface area contributed by atoms with Crippen LogP contribution in [0.5, 0.6) is 5.88 Å². The number of rotatable bonds is 6. The third kappa shape index (κ3) is 4.68. The van der Waals surface area contributed by atoms with Crippen molar-refractivity contribution < 1.29 is 27.4 Å². The third-order valence-electron chi connectivity index (χ3n) is 6.76. The average molecular weight is 495 g/mol. The Bertz CT molecular complexity index is 1200. The van der Waals surface area contributed by atoms with E-state index in [4.69, 9.17) is 0 Å². The topological polar surface area (TPSA) is 92.4 Å². The standard InChI is InChI=1S/C22H25F4N7O2/c1-13-2-3-15(20(29-13)35-21(25)26)32-12-22(8-18(32)34)4-6-31(7-5-22)17-10-27-14-9-28-33(11-16(23)24)19(14)30-17/h2-3,9-10,16,18,21,34H,4-8,11-12H2,1H3. The van der Waals surface area contributed by atoms with E-state index in [2.05, 4.69) is 24.8 Å². The van der Waals surface area contributed by atoms with Crippen molar-refractivity contribution in [2.24, 2.45) is 5.41 Å². The Kier molecular flexibility index (Phi) is 6.11. The summed E-state index contributed by atoms with van der Waals surface area (Å²) in [4.78, 5) is 16.6. The molecule has 0 saturated carbocycles. The van der Waals surface area contributed by atoms with Gasteiger partial charge in [0.05, 0.1) is 12.4 Å². The molecule has 1 N–H and O–H groups in total. The highest BCUT2D eigenvalue weighted by Crippen LogP contribution is 2.46. The van der Waals surface area contributed by atoms with Crippen LogP contribution >= 0.6 is 0 Å². The largest absolute Gasteiger partial charge is 0.415 e. The van der Waals surface area contributed by atoms with Crippen molar-refractivity contribution in [2.45, 2.75) is 52.0 Å². The minimum atomic E-state index is -3.02. The van der Waals surface area contributed by atoms with Gasteiger partial charge in [-0.05, 0) is 43.7 Å². The van der Waals surface area contributed by atoms with E-state index in [0.29, 0.717) is 54.4 Å². The van der Waals surface area contributed by atoms with Crippen molar-refractivity contribution in [1.82, 2.24) is 24.7 Å². The maximum atomic E-state index is 12.9. The molecular weight excluding hydrogens is 470 g/mol. The number of hydrogen-bond acceptors (Lipinski definition) is 8. The summed E-state index contributed by atoms with van der Waals surface area (Å²) in [5, 5.41) is 14.8. The maximum Gasteiger partial charge on any atom is 0.388 e. The van der Waals surface area contributed by atoms with Gasteiger partial charge in [-0.25, -0.2) is 28.4 Å². The molecular formula is C22H25F4N7O2. The summed E-state index contributed by atoms with van der Waals surface area (Å²) in [5.41, 5.74) is 1.41. The van der Waals surface area contributed by atoms with Crippen LogP contribution in [0.4, 0.5) is 29.1 Å². The van der Waals surface area contributed by atoms with E-state index in [1.54, 1.807) is 30.2 Å². The van der Waals surface area contributed by atoms with Crippen LogP contribution in [0, 0.1) is 12.3 Å². The minimum Gasteiger partial charge on any atom is -0.415 e. The van der Waals surface area contributed by atoms with E-state index < -0.39 is 25.8 Å². The monoisotopic (exact) mass is 495 g/mol. The quantitative estimate of drug-likeness (QED) is 0.522. The number of aromatic nitrogens is 5. The molecule has 2 fully saturated rings.